The lowest BCUT2D eigenvalue weighted by atomic mass is 9.97. The highest BCUT2D eigenvalue weighted by molar-refractivity contribution is 5.94. The molecule has 0 bridgehead atoms. The van der Waals surface area contributed by atoms with Gasteiger partial charge in [0.05, 0.1) is 5.92 Å². The number of pyridine rings is 1. The highest BCUT2D eigenvalue weighted by Gasteiger charge is 2.43. The fraction of sp³-hybridized carbons (Fsp3) is 0.600. The van der Waals surface area contributed by atoms with E-state index >= 15 is 0 Å². The van der Waals surface area contributed by atoms with Gasteiger partial charge >= 0.3 is 6.18 Å². The Morgan fingerprint density at radius 3 is 2.77 bits per heavy atom. The fourth-order valence-corrected chi connectivity index (χ4v) is 3.27. The van der Waals surface area contributed by atoms with E-state index in [1.165, 1.54) is 0 Å². The number of amides is 1. The van der Waals surface area contributed by atoms with Gasteiger partial charge in [-0.1, -0.05) is 0 Å². The average molecular weight is 314 g/mol. The molecule has 1 saturated heterocycles. The Morgan fingerprint density at radius 1 is 1.27 bits per heavy atom. The molecule has 1 aliphatic heterocycles. The molecule has 1 N–H and O–H groups in total. The molecule has 1 amide bonds. The molecular weight excluding hydrogens is 297 g/mol. The van der Waals surface area contributed by atoms with Crippen molar-refractivity contribution in [1.29, 1.82) is 0 Å². The molecule has 0 radical (unpaired) electrons. The molecule has 1 aliphatic carbocycles. The van der Waals surface area contributed by atoms with Crippen LogP contribution >= 0.6 is 0 Å². The maximum atomic E-state index is 12.8. The molecule has 0 unspecified atom stereocenters. The van der Waals surface area contributed by atoms with Crippen molar-refractivity contribution in [1.82, 2.24) is 9.88 Å². The number of likely N-dealkylation sites (tertiary alicyclic amines) is 1. The van der Waals surface area contributed by atoms with Gasteiger partial charge in [-0.3, -0.25) is 9.59 Å². The second-order valence-electron chi connectivity index (χ2n) is 6.00. The Morgan fingerprint density at radius 2 is 2.05 bits per heavy atom. The molecule has 3 rings (SSSR count). The number of alkyl halides is 3. The molecular formula is C15H17F3N2O2. The highest BCUT2D eigenvalue weighted by Crippen LogP contribution is 2.33. The minimum Gasteiger partial charge on any atom is -0.338 e. The minimum absolute atomic E-state index is 0.0355. The summed E-state index contributed by atoms with van der Waals surface area (Å²) in [7, 11) is 0. The molecule has 0 saturated carbocycles. The number of piperidine rings is 1. The van der Waals surface area contributed by atoms with Crippen LogP contribution in [-0.2, 0) is 12.8 Å². The highest BCUT2D eigenvalue weighted by atomic mass is 19.4. The largest absolute Gasteiger partial charge is 0.393 e. The lowest BCUT2D eigenvalue weighted by Gasteiger charge is -2.33. The number of hydrogen-bond acceptors (Lipinski definition) is 2. The molecule has 7 heteroatoms. The normalized spacial score (nSPS) is 21.8. The molecule has 4 nitrogen and oxygen atoms in total. The molecule has 2 heterocycles. The monoisotopic (exact) mass is 314 g/mol. The van der Waals surface area contributed by atoms with Crippen LogP contribution in [0, 0.1) is 5.92 Å². The molecule has 1 aromatic heterocycles. The molecule has 1 aromatic rings. The van der Waals surface area contributed by atoms with Crippen molar-refractivity contribution in [3.05, 3.63) is 33.2 Å². The van der Waals surface area contributed by atoms with Crippen LogP contribution in [0.2, 0.25) is 0 Å². The third kappa shape index (κ3) is 2.76. The van der Waals surface area contributed by atoms with Gasteiger partial charge in [0.25, 0.3) is 11.5 Å². The van der Waals surface area contributed by atoms with E-state index < -0.39 is 23.6 Å². The summed E-state index contributed by atoms with van der Waals surface area (Å²) in [4.78, 5) is 28.3. The Balaban J connectivity index is 1.84. The first kappa shape index (κ1) is 15.1. The number of carbonyl (C=O) groups excluding carboxylic acids is 1. The van der Waals surface area contributed by atoms with E-state index in [4.69, 9.17) is 0 Å². The molecule has 1 fully saturated rings. The van der Waals surface area contributed by atoms with Gasteiger partial charge < -0.3 is 9.88 Å². The van der Waals surface area contributed by atoms with Gasteiger partial charge in [-0.15, -0.1) is 0 Å². The van der Waals surface area contributed by atoms with Crippen LogP contribution in [0.4, 0.5) is 13.2 Å². The molecule has 0 spiro atoms. The quantitative estimate of drug-likeness (QED) is 0.864. The topological polar surface area (TPSA) is 53.2 Å². The van der Waals surface area contributed by atoms with Gasteiger partial charge in [-0.25, -0.2) is 0 Å². The summed E-state index contributed by atoms with van der Waals surface area (Å²) in [5, 5.41) is 0. The molecule has 22 heavy (non-hydrogen) atoms. The third-order valence-corrected chi connectivity index (χ3v) is 4.49. The predicted octanol–water partition coefficient (Wildman–Crippen LogP) is 2.28. The van der Waals surface area contributed by atoms with E-state index in [-0.39, 0.29) is 25.1 Å². The van der Waals surface area contributed by atoms with Gasteiger partial charge in [0, 0.05) is 18.8 Å². The summed E-state index contributed by atoms with van der Waals surface area (Å²) in [5.41, 5.74) is 1.23. The van der Waals surface area contributed by atoms with Gasteiger partial charge in [0.15, 0.2) is 0 Å². The van der Waals surface area contributed by atoms with Crippen molar-refractivity contribution in [3.8, 4) is 0 Å². The maximum absolute atomic E-state index is 12.8. The molecule has 2 aliphatic rings. The van der Waals surface area contributed by atoms with Crippen molar-refractivity contribution < 1.29 is 18.0 Å². The predicted molar refractivity (Wildman–Crippen MR) is 73.8 cm³/mol. The molecule has 1 atom stereocenters. The number of nitrogens with one attached hydrogen (secondary N) is 1. The Labute approximate surface area is 125 Å². The summed E-state index contributed by atoms with van der Waals surface area (Å²) in [5.74, 6) is -2.09. The summed E-state index contributed by atoms with van der Waals surface area (Å²) in [6.45, 7) is -0.0964. The summed E-state index contributed by atoms with van der Waals surface area (Å²) < 4.78 is 38.5. The number of rotatable bonds is 1. The second-order valence-corrected chi connectivity index (χ2v) is 6.00. The average Bonchev–Trinajstić information content (AvgIpc) is 2.92. The Kier molecular flexibility index (Phi) is 3.74. The smallest absolute Gasteiger partial charge is 0.338 e. The van der Waals surface area contributed by atoms with Crippen LogP contribution in [-0.4, -0.2) is 35.1 Å². The van der Waals surface area contributed by atoms with E-state index in [0.29, 0.717) is 6.42 Å². The van der Waals surface area contributed by atoms with E-state index in [1.54, 1.807) is 6.07 Å². The van der Waals surface area contributed by atoms with Gasteiger partial charge in [-0.2, -0.15) is 13.2 Å². The zero-order chi connectivity index (χ0) is 15.9. The standard InChI is InChI=1S/C15H17F3N2O2/c16-15(17,18)10-4-2-6-20(8-10)14(22)11-7-9-3-1-5-12(9)19-13(11)21/h7,10H,1-6,8H2,(H,19,21)/t10-/m1/s1. The summed E-state index contributed by atoms with van der Waals surface area (Å²) in [6, 6.07) is 1.56. The third-order valence-electron chi connectivity index (χ3n) is 4.49. The number of carbonyl (C=O) groups is 1. The SMILES string of the molecule is O=C(c1cc2c([nH]c1=O)CCC2)N1CCC[C@@H](C(F)(F)F)C1. The van der Waals surface area contributed by atoms with Crippen LogP contribution in [0.1, 0.15) is 40.9 Å². The number of fused-ring (bicyclic) bond motifs is 1. The summed E-state index contributed by atoms with van der Waals surface area (Å²) in [6.07, 6.45) is -1.48. The zero-order valence-corrected chi connectivity index (χ0v) is 12.0. The number of aromatic nitrogens is 1. The van der Waals surface area contributed by atoms with Crippen LogP contribution in [0.5, 0.6) is 0 Å². The first-order chi connectivity index (χ1) is 10.4. The maximum Gasteiger partial charge on any atom is 0.393 e. The lowest BCUT2D eigenvalue weighted by Crippen LogP contribution is -2.45. The fourth-order valence-electron chi connectivity index (χ4n) is 3.27. The number of aromatic amines is 1. The summed E-state index contributed by atoms with van der Waals surface area (Å²) >= 11 is 0. The van der Waals surface area contributed by atoms with Gasteiger partial charge in [-0.05, 0) is 43.7 Å². The van der Waals surface area contributed by atoms with E-state index in [0.717, 1.165) is 35.4 Å². The van der Waals surface area contributed by atoms with Gasteiger partial charge in [0.2, 0.25) is 0 Å². The number of aryl methyl sites for hydroxylation is 2. The zero-order valence-electron chi connectivity index (χ0n) is 12.0. The lowest BCUT2D eigenvalue weighted by molar-refractivity contribution is -0.184. The van der Waals surface area contributed by atoms with E-state index in [9.17, 15) is 22.8 Å². The van der Waals surface area contributed by atoms with Crippen molar-refractivity contribution in [2.24, 2.45) is 5.92 Å². The van der Waals surface area contributed by atoms with E-state index in [1.807, 2.05) is 0 Å². The number of hydrogen-bond donors (Lipinski definition) is 1. The van der Waals surface area contributed by atoms with Crippen molar-refractivity contribution in [2.75, 3.05) is 13.1 Å². The number of H-pyrrole nitrogens is 1. The molecule has 0 aromatic carbocycles. The van der Waals surface area contributed by atoms with E-state index in [2.05, 4.69) is 4.98 Å². The van der Waals surface area contributed by atoms with Gasteiger partial charge in [0.1, 0.15) is 5.56 Å². The van der Waals surface area contributed by atoms with Crippen molar-refractivity contribution >= 4 is 5.91 Å². The Bertz CT molecular complexity index is 651. The van der Waals surface area contributed by atoms with Crippen LogP contribution in [0.25, 0.3) is 0 Å². The number of halogens is 3. The van der Waals surface area contributed by atoms with Crippen molar-refractivity contribution in [3.63, 3.8) is 0 Å². The van der Waals surface area contributed by atoms with Crippen LogP contribution < -0.4 is 5.56 Å². The van der Waals surface area contributed by atoms with Crippen LogP contribution in [0.3, 0.4) is 0 Å². The van der Waals surface area contributed by atoms with Crippen molar-refractivity contribution in [2.45, 2.75) is 38.3 Å². The first-order valence-corrected chi connectivity index (χ1v) is 7.47. The first-order valence-electron chi connectivity index (χ1n) is 7.47. The number of nitrogens with zero attached hydrogens (tertiary/aromatic N) is 1. The second kappa shape index (κ2) is 5.44. The van der Waals surface area contributed by atoms with Crippen LogP contribution in [0.15, 0.2) is 10.9 Å². The Hall–Kier alpha value is -1.79. The molecule has 120 valence electrons. The minimum atomic E-state index is -4.30.